The summed E-state index contributed by atoms with van der Waals surface area (Å²) < 4.78 is 8.01. The van der Waals surface area contributed by atoms with Crippen LogP contribution < -0.4 is 11.4 Å². The zero-order valence-corrected chi connectivity index (χ0v) is 12.0. The maximum Gasteiger partial charge on any atom is 0.348 e. The summed E-state index contributed by atoms with van der Waals surface area (Å²) in [4.78, 5) is 47.0. The number of thioether (sulfide) groups is 1. The second-order valence-corrected chi connectivity index (χ2v) is 5.53. The minimum absolute atomic E-state index is 0.0477. The van der Waals surface area contributed by atoms with Crippen molar-refractivity contribution in [1.82, 2.24) is 13.9 Å². The number of carbonyl (C=O) groups excluding carboxylic acids is 2. The Kier molecular flexibility index (Phi) is 4.17. The van der Waals surface area contributed by atoms with Crippen molar-refractivity contribution in [3.8, 4) is 0 Å². The summed E-state index contributed by atoms with van der Waals surface area (Å²) in [6.07, 6.45) is 1.07. The summed E-state index contributed by atoms with van der Waals surface area (Å²) in [6, 6.07) is -0.780. The van der Waals surface area contributed by atoms with Crippen molar-refractivity contribution in [2.24, 2.45) is 0 Å². The first-order valence-electron chi connectivity index (χ1n) is 6.10. The van der Waals surface area contributed by atoms with E-state index in [4.69, 9.17) is 0 Å². The summed E-state index contributed by atoms with van der Waals surface area (Å²) in [5.74, 6) is -0.592. The molecular weight excluding hydrogens is 286 g/mol. The highest BCUT2D eigenvalue weighted by Gasteiger charge is 2.31. The third-order valence-corrected chi connectivity index (χ3v) is 3.95. The van der Waals surface area contributed by atoms with E-state index in [0.29, 0.717) is 19.4 Å². The number of aromatic nitrogens is 3. The number of hydrogen-bond acceptors (Lipinski definition) is 6. The van der Waals surface area contributed by atoms with Crippen LogP contribution in [0.1, 0.15) is 25.8 Å². The molecule has 0 N–H and O–H groups in total. The van der Waals surface area contributed by atoms with E-state index in [-0.39, 0.29) is 11.0 Å². The normalized spacial score (nSPS) is 17.6. The molecule has 8 nitrogen and oxygen atoms in total. The Hall–Kier alpha value is -1.77. The second kappa shape index (κ2) is 5.70. The van der Waals surface area contributed by atoms with Crippen molar-refractivity contribution in [3.05, 3.63) is 21.0 Å². The largest absolute Gasteiger partial charge is 0.467 e. The van der Waals surface area contributed by atoms with E-state index in [1.807, 2.05) is 0 Å². The van der Waals surface area contributed by atoms with Crippen molar-refractivity contribution < 1.29 is 14.3 Å². The zero-order chi connectivity index (χ0) is 14.9. The fourth-order valence-corrected chi connectivity index (χ4v) is 2.75. The molecule has 2 heterocycles. The number of carbonyl (C=O) groups is 2. The number of nitrogens with zero attached hydrogens (tertiary/aromatic N) is 3. The second-order valence-electron chi connectivity index (χ2n) is 4.41. The molecule has 1 aliphatic rings. The van der Waals surface area contributed by atoms with Crippen molar-refractivity contribution in [3.63, 3.8) is 0 Å². The minimum Gasteiger partial charge on any atom is -0.467 e. The number of esters is 1. The molecule has 1 aromatic heterocycles. The van der Waals surface area contributed by atoms with E-state index < -0.39 is 23.4 Å². The molecule has 0 bridgehead atoms. The molecule has 0 aliphatic carbocycles. The Morgan fingerprint density at radius 3 is 2.65 bits per heavy atom. The third kappa shape index (κ3) is 2.45. The lowest BCUT2D eigenvalue weighted by Gasteiger charge is -2.22. The van der Waals surface area contributed by atoms with E-state index in [2.05, 4.69) is 4.74 Å². The van der Waals surface area contributed by atoms with Gasteiger partial charge in [-0.05, 0) is 12.8 Å². The van der Waals surface area contributed by atoms with E-state index in [1.165, 1.54) is 18.7 Å². The fourth-order valence-electron chi connectivity index (χ4n) is 2.22. The average molecular weight is 301 g/mol. The van der Waals surface area contributed by atoms with Gasteiger partial charge in [0.2, 0.25) is 0 Å². The van der Waals surface area contributed by atoms with Gasteiger partial charge in [0.1, 0.15) is 0 Å². The molecule has 0 saturated carbocycles. The van der Waals surface area contributed by atoms with Crippen LogP contribution >= 0.6 is 11.8 Å². The predicted molar refractivity (Wildman–Crippen MR) is 71.5 cm³/mol. The van der Waals surface area contributed by atoms with Gasteiger partial charge >= 0.3 is 17.3 Å². The minimum atomic E-state index is -0.780. The first-order chi connectivity index (χ1) is 9.47. The lowest BCUT2D eigenvalue weighted by Crippen LogP contribution is -2.38. The number of ether oxygens (including phenoxy) is 1. The highest BCUT2D eigenvalue weighted by molar-refractivity contribution is 8.12. The van der Waals surface area contributed by atoms with E-state index in [0.717, 1.165) is 21.0 Å². The Bertz CT molecular complexity index is 656. The lowest BCUT2D eigenvalue weighted by molar-refractivity contribution is -0.146. The quantitative estimate of drug-likeness (QED) is 0.703. The van der Waals surface area contributed by atoms with Crippen molar-refractivity contribution in [2.45, 2.75) is 38.2 Å². The van der Waals surface area contributed by atoms with Crippen molar-refractivity contribution >= 4 is 22.8 Å². The molecular formula is C11H15N3O5S. The van der Waals surface area contributed by atoms with Crippen LogP contribution in [-0.4, -0.2) is 32.1 Å². The Labute approximate surface area is 118 Å². The van der Waals surface area contributed by atoms with Crippen LogP contribution in [0.2, 0.25) is 0 Å². The molecule has 110 valence electrons. The van der Waals surface area contributed by atoms with Crippen LogP contribution in [-0.2, 0) is 26.7 Å². The number of rotatable bonds is 3. The topological polar surface area (TPSA) is 92.3 Å². The van der Waals surface area contributed by atoms with Crippen LogP contribution in [0.25, 0.3) is 0 Å². The van der Waals surface area contributed by atoms with Crippen LogP contribution in [0, 0.1) is 0 Å². The van der Waals surface area contributed by atoms with Crippen LogP contribution in [0.5, 0.6) is 0 Å². The molecule has 0 aromatic carbocycles. The highest BCUT2D eigenvalue weighted by Crippen LogP contribution is 2.18. The van der Waals surface area contributed by atoms with Crippen LogP contribution in [0.15, 0.2) is 9.59 Å². The van der Waals surface area contributed by atoms with Crippen LogP contribution in [0.3, 0.4) is 0 Å². The average Bonchev–Trinajstić information content (AvgIpc) is 2.68. The van der Waals surface area contributed by atoms with Crippen molar-refractivity contribution in [1.29, 1.82) is 0 Å². The standard InChI is InChI=1S/C11H15N3O5S/c1-7(15)20-6-12-10(17)13-5-3-4-8(9(16)19-2)14(13)11(12)18/h8H,3-6H2,1-2H3. The maximum atomic E-state index is 12.3. The molecule has 1 aliphatic heterocycles. The molecule has 0 saturated heterocycles. The van der Waals surface area contributed by atoms with E-state index in [9.17, 15) is 19.2 Å². The van der Waals surface area contributed by atoms with Gasteiger partial charge in [0.25, 0.3) is 0 Å². The van der Waals surface area contributed by atoms with Gasteiger partial charge in [0, 0.05) is 13.5 Å². The zero-order valence-electron chi connectivity index (χ0n) is 11.2. The molecule has 9 heteroatoms. The van der Waals surface area contributed by atoms with Gasteiger partial charge in [-0.15, -0.1) is 0 Å². The molecule has 1 atom stereocenters. The summed E-state index contributed by atoms with van der Waals surface area (Å²) in [6.45, 7) is 1.74. The van der Waals surface area contributed by atoms with E-state index in [1.54, 1.807) is 0 Å². The number of fused-ring (bicyclic) bond motifs is 1. The van der Waals surface area contributed by atoms with Crippen molar-refractivity contribution in [2.75, 3.05) is 7.11 Å². The molecule has 20 heavy (non-hydrogen) atoms. The number of methoxy groups -OCH3 is 1. The summed E-state index contributed by atoms with van der Waals surface area (Å²) >= 11 is 0.873. The summed E-state index contributed by atoms with van der Waals surface area (Å²) in [5, 5.41) is -0.185. The van der Waals surface area contributed by atoms with Gasteiger partial charge in [0.05, 0.1) is 13.0 Å². The Balaban J connectivity index is 2.48. The Morgan fingerprint density at radius 2 is 2.05 bits per heavy atom. The fraction of sp³-hybridized carbons (Fsp3) is 0.636. The van der Waals surface area contributed by atoms with Gasteiger partial charge in [0.15, 0.2) is 11.2 Å². The molecule has 0 spiro atoms. The van der Waals surface area contributed by atoms with Gasteiger partial charge in [-0.2, -0.15) is 0 Å². The van der Waals surface area contributed by atoms with Gasteiger partial charge in [-0.1, -0.05) is 11.8 Å². The molecule has 0 amide bonds. The number of hydrogen-bond donors (Lipinski definition) is 0. The predicted octanol–water partition coefficient (Wildman–Crippen LogP) is -0.443. The molecule has 1 unspecified atom stereocenters. The van der Waals surface area contributed by atoms with Gasteiger partial charge in [-0.25, -0.2) is 28.3 Å². The Morgan fingerprint density at radius 1 is 1.35 bits per heavy atom. The molecule has 1 aromatic rings. The van der Waals surface area contributed by atoms with E-state index >= 15 is 0 Å². The van der Waals surface area contributed by atoms with Gasteiger partial charge in [-0.3, -0.25) is 4.79 Å². The molecule has 0 radical (unpaired) electrons. The lowest BCUT2D eigenvalue weighted by atomic mass is 10.1. The molecule has 0 fully saturated rings. The SMILES string of the molecule is COC(=O)C1CCCn2c(=O)n(CSC(C)=O)c(=O)n21. The first kappa shape index (κ1) is 14.6. The summed E-state index contributed by atoms with van der Waals surface area (Å²) in [5.41, 5.74) is -1.09. The molecule has 2 rings (SSSR count). The smallest absolute Gasteiger partial charge is 0.348 e. The highest BCUT2D eigenvalue weighted by atomic mass is 32.2. The summed E-state index contributed by atoms with van der Waals surface area (Å²) in [7, 11) is 1.24. The monoisotopic (exact) mass is 301 g/mol. The maximum absolute atomic E-state index is 12.3. The first-order valence-corrected chi connectivity index (χ1v) is 7.09. The third-order valence-electron chi connectivity index (χ3n) is 3.15. The van der Waals surface area contributed by atoms with Crippen LogP contribution in [0.4, 0.5) is 0 Å². The van der Waals surface area contributed by atoms with Gasteiger partial charge < -0.3 is 4.74 Å².